The SMILES string of the molecule is COC(=O)c1cc2ccc1OCCCCCCCCCO2. The van der Waals surface area contributed by atoms with E-state index >= 15 is 0 Å². The third kappa shape index (κ3) is 4.96. The number of esters is 1. The van der Waals surface area contributed by atoms with E-state index in [1.807, 2.05) is 6.07 Å². The maximum atomic E-state index is 11.9. The maximum absolute atomic E-state index is 11.9. The summed E-state index contributed by atoms with van der Waals surface area (Å²) < 4.78 is 16.3. The monoisotopic (exact) mass is 292 g/mol. The van der Waals surface area contributed by atoms with Crippen molar-refractivity contribution in [3.05, 3.63) is 23.8 Å². The second kappa shape index (κ2) is 8.55. The van der Waals surface area contributed by atoms with Crippen molar-refractivity contribution < 1.29 is 19.0 Å². The maximum Gasteiger partial charge on any atom is 0.341 e. The van der Waals surface area contributed by atoms with E-state index in [0.29, 0.717) is 30.3 Å². The second-order valence-corrected chi connectivity index (χ2v) is 5.32. The van der Waals surface area contributed by atoms with Crippen LogP contribution in [0.5, 0.6) is 11.5 Å². The standard InChI is InChI=1S/C17H24O4/c1-19-17(18)15-13-14-9-10-16(15)21-12-8-6-4-2-3-5-7-11-20-14/h9-10,13H,2-8,11-12H2,1H3. The Kier molecular flexibility index (Phi) is 6.38. The van der Waals surface area contributed by atoms with E-state index in [2.05, 4.69) is 0 Å². The highest BCUT2D eigenvalue weighted by atomic mass is 16.5. The van der Waals surface area contributed by atoms with Crippen LogP contribution in [-0.4, -0.2) is 26.3 Å². The average Bonchev–Trinajstić information content (AvgIpc) is 2.53. The molecule has 0 aromatic heterocycles. The van der Waals surface area contributed by atoms with Crippen molar-refractivity contribution in [2.75, 3.05) is 20.3 Å². The minimum atomic E-state index is -0.389. The third-order valence-electron chi connectivity index (χ3n) is 3.67. The highest BCUT2D eigenvalue weighted by Crippen LogP contribution is 2.26. The summed E-state index contributed by atoms with van der Waals surface area (Å²) in [6, 6.07) is 5.35. The molecule has 4 nitrogen and oxygen atoms in total. The molecule has 2 aliphatic rings. The Morgan fingerprint density at radius 3 is 2.24 bits per heavy atom. The van der Waals surface area contributed by atoms with Crippen molar-refractivity contribution >= 4 is 5.97 Å². The lowest BCUT2D eigenvalue weighted by Gasteiger charge is -2.12. The summed E-state index contributed by atoms with van der Waals surface area (Å²) in [6.45, 7) is 1.31. The third-order valence-corrected chi connectivity index (χ3v) is 3.67. The average molecular weight is 292 g/mol. The van der Waals surface area contributed by atoms with Crippen LogP contribution in [0.2, 0.25) is 0 Å². The van der Waals surface area contributed by atoms with E-state index in [4.69, 9.17) is 14.2 Å². The zero-order valence-corrected chi connectivity index (χ0v) is 12.7. The van der Waals surface area contributed by atoms with E-state index in [9.17, 15) is 4.79 Å². The molecular weight excluding hydrogens is 268 g/mol. The second-order valence-electron chi connectivity index (χ2n) is 5.32. The lowest BCUT2D eigenvalue weighted by molar-refractivity contribution is 0.0595. The van der Waals surface area contributed by atoms with Crippen molar-refractivity contribution in [3.63, 3.8) is 0 Å². The molecule has 2 aliphatic heterocycles. The van der Waals surface area contributed by atoms with Crippen LogP contribution in [0.3, 0.4) is 0 Å². The molecule has 1 aromatic carbocycles. The Labute approximate surface area is 126 Å². The van der Waals surface area contributed by atoms with Gasteiger partial charge in [-0.2, -0.15) is 0 Å². The molecular formula is C17H24O4. The van der Waals surface area contributed by atoms with Gasteiger partial charge in [0, 0.05) is 0 Å². The van der Waals surface area contributed by atoms with Gasteiger partial charge >= 0.3 is 5.97 Å². The van der Waals surface area contributed by atoms with Crippen molar-refractivity contribution in [3.8, 4) is 11.5 Å². The van der Waals surface area contributed by atoms with Gasteiger partial charge in [0.15, 0.2) is 0 Å². The summed E-state index contributed by atoms with van der Waals surface area (Å²) >= 11 is 0. The molecule has 21 heavy (non-hydrogen) atoms. The van der Waals surface area contributed by atoms with E-state index in [-0.39, 0.29) is 5.97 Å². The van der Waals surface area contributed by atoms with Crippen LogP contribution in [0.25, 0.3) is 0 Å². The Balaban J connectivity index is 2.12. The number of benzene rings is 1. The lowest BCUT2D eigenvalue weighted by Crippen LogP contribution is -2.07. The van der Waals surface area contributed by atoms with Crippen LogP contribution in [0.4, 0.5) is 0 Å². The van der Waals surface area contributed by atoms with Gasteiger partial charge in [0.2, 0.25) is 0 Å². The topological polar surface area (TPSA) is 44.8 Å². The largest absolute Gasteiger partial charge is 0.494 e. The molecule has 0 atom stereocenters. The molecule has 0 saturated carbocycles. The minimum Gasteiger partial charge on any atom is -0.494 e. The highest BCUT2D eigenvalue weighted by molar-refractivity contribution is 5.92. The molecule has 0 unspecified atom stereocenters. The van der Waals surface area contributed by atoms with E-state index in [0.717, 1.165) is 12.8 Å². The number of carbonyl (C=O) groups excluding carboxylic acids is 1. The molecule has 4 heteroatoms. The summed E-state index contributed by atoms with van der Waals surface area (Å²) in [4.78, 5) is 11.9. The number of methoxy groups -OCH3 is 1. The van der Waals surface area contributed by atoms with Gasteiger partial charge in [-0.05, 0) is 31.0 Å². The fourth-order valence-corrected chi connectivity index (χ4v) is 2.45. The van der Waals surface area contributed by atoms with Crippen LogP contribution in [0, 0.1) is 0 Å². The van der Waals surface area contributed by atoms with E-state index in [1.165, 1.54) is 39.2 Å². The summed E-state index contributed by atoms with van der Waals surface area (Å²) in [5.41, 5.74) is 0.435. The van der Waals surface area contributed by atoms with Crippen molar-refractivity contribution in [1.29, 1.82) is 0 Å². The highest BCUT2D eigenvalue weighted by Gasteiger charge is 2.15. The van der Waals surface area contributed by atoms with Crippen molar-refractivity contribution in [2.24, 2.45) is 0 Å². The summed E-state index contributed by atoms with van der Waals surface area (Å²) in [6.07, 6.45) is 8.20. The first-order valence-electron chi connectivity index (χ1n) is 7.79. The molecule has 0 radical (unpaired) electrons. The summed E-state index contributed by atoms with van der Waals surface area (Å²) in [5, 5.41) is 0. The fourth-order valence-electron chi connectivity index (χ4n) is 2.45. The van der Waals surface area contributed by atoms with Crippen LogP contribution in [0.15, 0.2) is 18.2 Å². The minimum absolute atomic E-state index is 0.389. The molecule has 0 saturated heterocycles. The molecule has 0 spiro atoms. The number of hydrogen-bond donors (Lipinski definition) is 0. The van der Waals surface area contributed by atoms with Gasteiger partial charge in [-0.1, -0.05) is 32.1 Å². The normalized spacial score (nSPS) is 17.0. The summed E-state index contributed by atoms with van der Waals surface area (Å²) in [5.74, 6) is 0.876. The number of hydrogen-bond acceptors (Lipinski definition) is 4. The quantitative estimate of drug-likeness (QED) is 0.735. The molecule has 0 N–H and O–H groups in total. The number of fused-ring (bicyclic) bond motifs is 12. The van der Waals surface area contributed by atoms with Gasteiger partial charge in [-0.25, -0.2) is 4.79 Å². The lowest BCUT2D eigenvalue weighted by atomic mass is 10.1. The molecule has 0 amide bonds. The first kappa shape index (κ1) is 15.7. The zero-order valence-electron chi connectivity index (χ0n) is 12.7. The van der Waals surface area contributed by atoms with Crippen LogP contribution in [-0.2, 0) is 4.74 Å². The molecule has 0 aliphatic carbocycles. The van der Waals surface area contributed by atoms with Crippen LogP contribution in [0.1, 0.15) is 55.3 Å². The first-order chi connectivity index (χ1) is 10.3. The van der Waals surface area contributed by atoms with Gasteiger partial charge in [0.05, 0.1) is 20.3 Å². The molecule has 116 valence electrons. The number of ether oxygens (including phenoxy) is 3. The Morgan fingerprint density at radius 2 is 1.57 bits per heavy atom. The molecule has 2 heterocycles. The van der Waals surface area contributed by atoms with Gasteiger partial charge < -0.3 is 14.2 Å². The van der Waals surface area contributed by atoms with Gasteiger partial charge in [0.25, 0.3) is 0 Å². The Morgan fingerprint density at radius 1 is 0.952 bits per heavy atom. The molecule has 2 bridgehead atoms. The van der Waals surface area contributed by atoms with Crippen LogP contribution < -0.4 is 9.47 Å². The molecule has 1 aromatic rings. The number of carbonyl (C=O) groups is 1. The van der Waals surface area contributed by atoms with Crippen molar-refractivity contribution in [1.82, 2.24) is 0 Å². The number of rotatable bonds is 1. The van der Waals surface area contributed by atoms with Gasteiger partial charge in [-0.3, -0.25) is 0 Å². The predicted molar refractivity (Wildman–Crippen MR) is 81.1 cm³/mol. The van der Waals surface area contributed by atoms with Crippen molar-refractivity contribution in [2.45, 2.75) is 44.9 Å². The van der Waals surface area contributed by atoms with E-state index in [1.54, 1.807) is 12.1 Å². The van der Waals surface area contributed by atoms with Crippen LogP contribution >= 0.6 is 0 Å². The van der Waals surface area contributed by atoms with E-state index < -0.39 is 0 Å². The fraction of sp³-hybridized carbons (Fsp3) is 0.588. The Hall–Kier alpha value is -1.71. The molecule has 0 fully saturated rings. The molecule has 3 rings (SSSR count). The summed E-state index contributed by atoms with van der Waals surface area (Å²) in [7, 11) is 1.38. The smallest absolute Gasteiger partial charge is 0.341 e. The zero-order chi connectivity index (χ0) is 14.9. The first-order valence-corrected chi connectivity index (χ1v) is 7.79. The van der Waals surface area contributed by atoms with Gasteiger partial charge in [-0.15, -0.1) is 0 Å². The predicted octanol–water partition coefficient (Wildman–Crippen LogP) is 3.98. The van der Waals surface area contributed by atoms with Gasteiger partial charge in [0.1, 0.15) is 17.1 Å². The Bertz CT molecular complexity index is 456.